The van der Waals surface area contributed by atoms with Crippen molar-refractivity contribution >= 4 is 0 Å². The summed E-state index contributed by atoms with van der Waals surface area (Å²) >= 11 is 0. The molecule has 9 heteroatoms. The molecular weight excluding hydrogens is 430 g/mol. The average molecular weight is 462 g/mol. The van der Waals surface area contributed by atoms with Crippen LogP contribution < -0.4 is 0 Å². The Balaban J connectivity index is 1.60. The van der Waals surface area contributed by atoms with Crippen LogP contribution in [0.3, 0.4) is 0 Å². The molecular formula is C25H31N7O2. The summed E-state index contributed by atoms with van der Waals surface area (Å²) in [5.41, 5.74) is 4.26. The van der Waals surface area contributed by atoms with Crippen molar-refractivity contribution in [3.8, 4) is 22.5 Å². The fraction of sp³-hybridized carbons (Fsp3) is 0.400. The van der Waals surface area contributed by atoms with Crippen molar-refractivity contribution in [1.82, 2.24) is 35.4 Å². The molecule has 0 aliphatic rings. The summed E-state index contributed by atoms with van der Waals surface area (Å²) in [6.07, 6.45) is 1.62. The van der Waals surface area contributed by atoms with Crippen molar-refractivity contribution in [3.63, 3.8) is 0 Å². The van der Waals surface area contributed by atoms with Crippen LogP contribution in [0, 0.1) is 0 Å². The van der Waals surface area contributed by atoms with Crippen LogP contribution in [-0.2, 0) is 28.2 Å². The van der Waals surface area contributed by atoms with Gasteiger partial charge < -0.3 is 9.47 Å². The molecule has 4 aromatic rings. The quantitative estimate of drug-likeness (QED) is 0.331. The van der Waals surface area contributed by atoms with Crippen molar-refractivity contribution in [2.45, 2.75) is 52.9 Å². The van der Waals surface area contributed by atoms with E-state index in [1.165, 1.54) is 0 Å². The maximum Gasteiger partial charge on any atom is 0.229 e. The minimum atomic E-state index is -0.958. The Morgan fingerprint density at radius 3 is 2.26 bits per heavy atom. The minimum Gasteiger partial charge on any atom is -0.344 e. The first-order valence-electron chi connectivity index (χ1n) is 11.7. The lowest BCUT2D eigenvalue weighted by Crippen LogP contribution is -2.31. The molecule has 0 radical (unpaired) electrons. The first-order chi connectivity index (χ1) is 16.6. The smallest absolute Gasteiger partial charge is 0.229 e. The van der Waals surface area contributed by atoms with Crippen molar-refractivity contribution < 1.29 is 9.47 Å². The van der Waals surface area contributed by atoms with Gasteiger partial charge in [0.2, 0.25) is 11.6 Å². The second kappa shape index (κ2) is 10.7. The molecule has 0 saturated carbocycles. The van der Waals surface area contributed by atoms with Crippen molar-refractivity contribution in [2.75, 3.05) is 13.2 Å². The van der Waals surface area contributed by atoms with E-state index in [9.17, 15) is 0 Å². The fourth-order valence-electron chi connectivity index (χ4n) is 4.01. The first-order valence-corrected chi connectivity index (χ1v) is 11.7. The van der Waals surface area contributed by atoms with Crippen LogP contribution >= 0.6 is 0 Å². The van der Waals surface area contributed by atoms with E-state index in [0.717, 1.165) is 41.0 Å². The Labute approximate surface area is 199 Å². The van der Waals surface area contributed by atoms with Crippen LogP contribution in [0.15, 0.2) is 48.5 Å². The van der Waals surface area contributed by atoms with Gasteiger partial charge >= 0.3 is 0 Å². The number of H-pyrrole nitrogens is 1. The molecule has 178 valence electrons. The number of hydrogen-bond donors (Lipinski definition) is 1. The van der Waals surface area contributed by atoms with E-state index in [1.54, 1.807) is 0 Å². The Hall–Kier alpha value is -3.43. The zero-order chi connectivity index (χ0) is 24.0. The number of benzene rings is 2. The summed E-state index contributed by atoms with van der Waals surface area (Å²) in [4.78, 5) is 4.84. The number of aromatic amines is 1. The molecule has 2 aromatic carbocycles. The van der Waals surface area contributed by atoms with Gasteiger partial charge in [0.1, 0.15) is 5.82 Å². The summed E-state index contributed by atoms with van der Waals surface area (Å²) in [5, 5.41) is 19.1. The van der Waals surface area contributed by atoms with E-state index in [1.807, 2.05) is 43.7 Å². The molecule has 0 aliphatic carbocycles. The van der Waals surface area contributed by atoms with Gasteiger partial charge in [0.15, 0.2) is 5.82 Å². The van der Waals surface area contributed by atoms with E-state index in [2.05, 4.69) is 57.9 Å². The Morgan fingerprint density at radius 2 is 1.65 bits per heavy atom. The average Bonchev–Trinajstić information content (AvgIpc) is 3.51. The molecule has 2 heterocycles. The van der Waals surface area contributed by atoms with E-state index < -0.39 is 5.79 Å². The zero-order valence-corrected chi connectivity index (χ0v) is 20.2. The zero-order valence-electron chi connectivity index (χ0n) is 20.2. The molecule has 0 saturated heterocycles. The van der Waals surface area contributed by atoms with Gasteiger partial charge in [-0.2, -0.15) is 5.10 Å². The second-order valence-corrected chi connectivity index (χ2v) is 8.06. The van der Waals surface area contributed by atoms with Crippen molar-refractivity contribution in [3.05, 3.63) is 65.7 Å². The fourth-order valence-corrected chi connectivity index (χ4v) is 4.01. The van der Waals surface area contributed by atoms with Gasteiger partial charge in [-0.3, -0.25) is 0 Å². The van der Waals surface area contributed by atoms with Crippen LogP contribution in [0.2, 0.25) is 0 Å². The Morgan fingerprint density at radius 1 is 0.941 bits per heavy atom. The van der Waals surface area contributed by atoms with Gasteiger partial charge in [0.05, 0.1) is 0 Å². The van der Waals surface area contributed by atoms with Gasteiger partial charge in [-0.05, 0) is 54.3 Å². The highest BCUT2D eigenvalue weighted by Gasteiger charge is 2.33. The molecule has 4 rings (SSSR count). The van der Waals surface area contributed by atoms with Gasteiger partial charge in [-0.15, -0.1) is 5.10 Å². The largest absolute Gasteiger partial charge is 0.344 e. The number of aromatic nitrogens is 7. The number of tetrazole rings is 1. The predicted octanol–water partition coefficient (Wildman–Crippen LogP) is 4.37. The third kappa shape index (κ3) is 5.05. The second-order valence-electron chi connectivity index (χ2n) is 8.06. The van der Waals surface area contributed by atoms with Gasteiger partial charge in [0.25, 0.3) is 0 Å². The number of aryl methyl sites for hydroxylation is 1. The summed E-state index contributed by atoms with van der Waals surface area (Å²) < 4.78 is 13.7. The predicted molar refractivity (Wildman–Crippen MR) is 129 cm³/mol. The lowest BCUT2D eigenvalue weighted by atomic mass is 9.98. The van der Waals surface area contributed by atoms with Crippen molar-refractivity contribution in [1.29, 1.82) is 0 Å². The molecule has 0 aliphatic heterocycles. The normalized spacial score (nSPS) is 11.8. The van der Waals surface area contributed by atoms with E-state index in [0.29, 0.717) is 31.3 Å². The number of rotatable bonds is 11. The van der Waals surface area contributed by atoms with E-state index in [-0.39, 0.29) is 0 Å². The molecule has 0 amide bonds. The lowest BCUT2D eigenvalue weighted by Gasteiger charge is -2.25. The van der Waals surface area contributed by atoms with Crippen LogP contribution in [0.5, 0.6) is 0 Å². The molecule has 2 aromatic heterocycles. The maximum atomic E-state index is 5.88. The Bertz CT molecular complexity index is 1180. The summed E-state index contributed by atoms with van der Waals surface area (Å²) in [7, 11) is 0. The molecule has 0 bridgehead atoms. The van der Waals surface area contributed by atoms with E-state index in [4.69, 9.17) is 19.6 Å². The highest BCUT2D eigenvalue weighted by Crippen LogP contribution is 2.30. The number of ether oxygens (including phenoxy) is 2. The van der Waals surface area contributed by atoms with Crippen LogP contribution in [0.4, 0.5) is 0 Å². The van der Waals surface area contributed by atoms with Crippen molar-refractivity contribution in [2.24, 2.45) is 0 Å². The minimum absolute atomic E-state index is 0.515. The molecule has 34 heavy (non-hydrogen) atoms. The van der Waals surface area contributed by atoms with Crippen LogP contribution in [0.25, 0.3) is 22.5 Å². The highest BCUT2D eigenvalue weighted by atomic mass is 16.7. The molecule has 0 fully saturated rings. The van der Waals surface area contributed by atoms with Gasteiger partial charge in [-0.25, -0.2) is 14.8 Å². The monoisotopic (exact) mass is 461 g/mol. The standard InChI is InChI=1S/C25H31N7O2/c1-5-16-32-22(26-24(29-32)25(4,33-6-2)34-7-3)17-18-12-14-19(15-13-18)20-10-8-9-11-21(20)23-27-30-31-28-23/h8-15H,5-7,16-17H2,1-4H3,(H,27,28,30,31). The molecule has 0 unspecified atom stereocenters. The third-order valence-corrected chi connectivity index (χ3v) is 5.58. The number of nitrogens with zero attached hydrogens (tertiary/aromatic N) is 6. The van der Waals surface area contributed by atoms with Gasteiger partial charge in [0, 0.05) is 31.7 Å². The number of hydrogen-bond acceptors (Lipinski definition) is 7. The van der Waals surface area contributed by atoms with E-state index >= 15 is 0 Å². The SMILES string of the molecule is CCCn1nc(C(C)(OCC)OCC)nc1Cc1ccc(-c2ccccc2-c2nnn[nH]2)cc1. The first kappa shape index (κ1) is 23.7. The maximum absolute atomic E-state index is 5.88. The molecule has 0 spiro atoms. The van der Waals surface area contributed by atoms with Crippen LogP contribution in [-0.4, -0.2) is 48.6 Å². The highest BCUT2D eigenvalue weighted by molar-refractivity contribution is 5.80. The molecule has 0 atom stereocenters. The summed E-state index contributed by atoms with van der Waals surface area (Å²) in [6, 6.07) is 16.5. The third-order valence-electron chi connectivity index (χ3n) is 5.58. The van der Waals surface area contributed by atoms with Gasteiger partial charge in [-0.1, -0.05) is 55.5 Å². The van der Waals surface area contributed by atoms with Crippen LogP contribution in [0.1, 0.15) is 51.3 Å². The summed E-state index contributed by atoms with van der Waals surface area (Å²) in [5.74, 6) is 1.14. The number of nitrogens with one attached hydrogen (secondary N) is 1. The molecule has 9 nitrogen and oxygen atoms in total. The summed E-state index contributed by atoms with van der Waals surface area (Å²) in [6.45, 7) is 9.72. The Kier molecular flexibility index (Phi) is 7.44. The molecule has 1 N–H and O–H groups in total. The lowest BCUT2D eigenvalue weighted by molar-refractivity contribution is -0.234. The topological polar surface area (TPSA) is 104 Å².